The van der Waals surface area contributed by atoms with Crippen LogP contribution in [0.5, 0.6) is 0 Å². The zero-order valence-electron chi connectivity index (χ0n) is 50.7. The molecule has 2 atom stereocenters. The predicted octanol–water partition coefficient (Wildman–Crippen LogP) is 9.51. The number of aldehydes is 2. The number of benzene rings is 2. The number of likely N-dealkylation sites (N-methyl/N-ethyl adjacent to an activating group) is 1. The molecular weight excluding hydrogens is 1020 g/mol. The summed E-state index contributed by atoms with van der Waals surface area (Å²) in [5.74, 6) is -1.54. The number of ether oxygens (including phenoxy) is 4. The van der Waals surface area contributed by atoms with Crippen molar-refractivity contribution in [3.63, 3.8) is 0 Å². The predicted molar refractivity (Wildman–Crippen MR) is 324 cm³/mol. The van der Waals surface area contributed by atoms with Crippen molar-refractivity contribution in [3.8, 4) is 0 Å². The summed E-state index contributed by atoms with van der Waals surface area (Å²) >= 11 is 1.69. The number of piperazine rings is 1. The number of carboxylic acid groups (broad SMARTS) is 1. The first kappa shape index (κ1) is 74.9. The van der Waals surface area contributed by atoms with Crippen molar-refractivity contribution in [3.05, 3.63) is 93.1 Å². The SMILES string of the molecule is C=CSC(=C(C)C)c1ccc(C(C)NC)cc1.CC(C)(C)C.CN1CCCC1C=O.CO.Cc1cc(C)c(/C(C(=O)O)=C(\O)C2CCCCC2)c(C)c1.O=CC(=O)COCCOCCOCCN1CCN(CCOCCO)CC1. The molecule has 0 aromatic heterocycles. The molecule has 3 fully saturated rings. The molecule has 2 heterocycles. The van der Waals surface area contributed by atoms with Gasteiger partial charge in [0.1, 0.15) is 24.2 Å². The highest BCUT2D eigenvalue weighted by molar-refractivity contribution is 8.10. The van der Waals surface area contributed by atoms with Crippen LogP contribution in [-0.4, -0.2) is 192 Å². The number of aliphatic hydroxyl groups is 3. The van der Waals surface area contributed by atoms with Crippen LogP contribution in [0.2, 0.25) is 0 Å². The normalized spacial score (nSPS) is 16.5. The van der Waals surface area contributed by atoms with Gasteiger partial charge in [0.2, 0.25) is 5.78 Å². The molecule has 16 nitrogen and oxygen atoms in total. The minimum atomic E-state index is -1.03. The van der Waals surface area contributed by atoms with Gasteiger partial charge in [-0.25, -0.2) is 4.79 Å². The molecule has 0 spiro atoms. The summed E-state index contributed by atoms with van der Waals surface area (Å²) < 4.78 is 21.1. The standard InChI is InChI=1S/C18H24O3.C17H32N2O7.C15H21NS.C6H11NO.C5H12.CH4O/c1-11-9-12(2)15(13(3)10-11)16(18(20)21)17(19)14-7-5-4-6-8-14;20-7-10-23-8-5-18-1-3-19(4-2-18)6-9-24-11-12-25-13-14-26-16-17(22)15-21;1-6-17-15(11(2)3)14-9-7-13(8-10-14)12(4)16-5;1-7-4-2-3-6(7)5-8;1-5(2,3)4;1-2/h9-10,14,19H,4-8H2,1-3H3,(H,20,21);15,20H,1-14,16H2;6-10,12,16H,1H2,2-5H3;5-6H,2-4H2,1H3;1-4H3;2H,1H3/b17-16+;;;;;. The van der Waals surface area contributed by atoms with E-state index in [4.69, 9.17) is 29.2 Å². The maximum atomic E-state index is 11.8. The Balaban J connectivity index is 0.00000103. The van der Waals surface area contributed by atoms with Crippen LogP contribution in [0, 0.1) is 32.1 Å². The van der Waals surface area contributed by atoms with Gasteiger partial charge in [-0.2, -0.15) is 0 Å². The van der Waals surface area contributed by atoms with Gasteiger partial charge in [-0.05, 0) is 127 Å². The van der Waals surface area contributed by atoms with Crippen molar-refractivity contribution >= 4 is 46.6 Å². The summed E-state index contributed by atoms with van der Waals surface area (Å²) in [6.45, 7) is 35.1. The summed E-state index contributed by atoms with van der Waals surface area (Å²) in [6, 6.07) is 13.3. The van der Waals surface area contributed by atoms with Gasteiger partial charge in [-0.3, -0.25) is 24.3 Å². The molecule has 2 saturated heterocycles. The average molecular weight is 1130 g/mol. The Morgan fingerprint density at radius 3 is 1.67 bits per heavy atom. The molecule has 79 heavy (non-hydrogen) atoms. The van der Waals surface area contributed by atoms with E-state index in [-0.39, 0.29) is 49.4 Å². The number of aliphatic hydroxyl groups excluding tert-OH is 3. The van der Waals surface area contributed by atoms with Gasteiger partial charge >= 0.3 is 5.97 Å². The second-order valence-electron chi connectivity index (χ2n) is 21.6. The van der Waals surface area contributed by atoms with Crippen LogP contribution in [-0.2, 0) is 38.1 Å². The second-order valence-corrected chi connectivity index (χ2v) is 22.6. The van der Waals surface area contributed by atoms with Gasteiger partial charge in [0.05, 0.1) is 58.9 Å². The fourth-order valence-corrected chi connectivity index (χ4v) is 9.37. The lowest BCUT2D eigenvalue weighted by atomic mass is 9.83. The quantitative estimate of drug-likeness (QED) is 0.0195. The number of carboxylic acids is 1. The molecule has 2 aromatic carbocycles. The molecule has 5 N–H and O–H groups in total. The number of hydrogen-bond acceptors (Lipinski definition) is 16. The largest absolute Gasteiger partial charge is 0.511 e. The molecule has 5 rings (SSSR count). The molecule has 2 aromatic rings. The number of likely N-dealkylation sites (tertiary alicyclic amines) is 1. The van der Waals surface area contributed by atoms with Crippen LogP contribution in [0.4, 0.5) is 0 Å². The summed E-state index contributed by atoms with van der Waals surface area (Å²) in [7, 11) is 4.97. The lowest BCUT2D eigenvalue weighted by Crippen LogP contribution is -2.48. The molecule has 1 aliphatic carbocycles. The van der Waals surface area contributed by atoms with Crippen molar-refractivity contribution in [2.75, 3.05) is 126 Å². The van der Waals surface area contributed by atoms with Gasteiger partial charge < -0.3 is 49.5 Å². The number of Topliss-reactive ketones (excluding diaryl/α,β-unsaturated/α-hetero) is 1. The van der Waals surface area contributed by atoms with Gasteiger partial charge in [0.15, 0.2) is 6.29 Å². The Kier molecular flexibility index (Phi) is 42.2. The Hall–Kier alpha value is -4.11. The van der Waals surface area contributed by atoms with Gasteiger partial charge in [0.25, 0.3) is 0 Å². The summed E-state index contributed by atoms with van der Waals surface area (Å²) in [4.78, 5) is 50.8. The lowest BCUT2D eigenvalue weighted by molar-refractivity contribution is -0.133. The number of carbonyl (C=O) groups excluding carboxylic acids is 3. The van der Waals surface area contributed by atoms with E-state index >= 15 is 0 Å². The first-order chi connectivity index (χ1) is 37.6. The number of aryl methyl sites for hydroxylation is 3. The zero-order valence-corrected chi connectivity index (χ0v) is 51.5. The van der Waals surface area contributed by atoms with Crippen LogP contribution in [0.15, 0.2) is 59.7 Å². The van der Waals surface area contributed by atoms with Crippen molar-refractivity contribution in [1.82, 2.24) is 20.0 Å². The van der Waals surface area contributed by atoms with E-state index in [1.807, 2.05) is 52.4 Å². The highest BCUT2D eigenvalue weighted by Gasteiger charge is 2.27. The Morgan fingerprint density at radius 1 is 0.772 bits per heavy atom. The number of thioether (sulfide) groups is 1. The Morgan fingerprint density at radius 2 is 1.27 bits per heavy atom. The maximum absolute atomic E-state index is 11.8. The van der Waals surface area contributed by atoms with Gasteiger partial charge in [-0.1, -0.05) is 113 Å². The number of ketones is 1. The molecule has 2 aliphatic heterocycles. The van der Waals surface area contributed by atoms with E-state index in [1.54, 1.807) is 11.8 Å². The number of aliphatic carboxylic acids is 1. The number of nitrogens with zero attached hydrogens (tertiary/aromatic N) is 3. The molecule has 17 heteroatoms. The molecule has 0 radical (unpaired) electrons. The summed E-state index contributed by atoms with van der Waals surface area (Å²) in [6.07, 6.45) is 8.59. The summed E-state index contributed by atoms with van der Waals surface area (Å²) in [5.41, 5.74) is 8.10. The molecule has 450 valence electrons. The van der Waals surface area contributed by atoms with E-state index < -0.39 is 11.8 Å². The van der Waals surface area contributed by atoms with Crippen LogP contribution < -0.4 is 5.32 Å². The van der Waals surface area contributed by atoms with E-state index in [0.717, 1.165) is 108 Å². The van der Waals surface area contributed by atoms with E-state index in [1.165, 1.54) is 34.4 Å². The highest BCUT2D eigenvalue weighted by Crippen LogP contribution is 2.35. The molecule has 3 aliphatic rings. The van der Waals surface area contributed by atoms with Crippen LogP contribution in [0.1, 0.15) is 133 Å². The third-order valence-corrected chi connectivity index (χ3v) is 13.9. The molecule has 0 amide bonds. The van der Waals surface area contributed by atoms with Crippen molar-refractivity contribution in [1.29, 1.82) is 0 Å². The second kappa shape index (κ2) is 44.5. The maximum Gasteiger partial charge on any atom is 0.339 e. The lowest BCUT2D eigenvalue weighted by Gasteiger charge is -2.34. The highest BCUT2D eigenvalue weighted by atomic mass is 32.2. The molecular formula is C62H104N4O12S. The fraction of sp³-hybridized carbons (Fsp3) is 0.645. The van der Waals surface area contributed by atoms with Crippen molar-refractivity contribution in [2.24, 2.45) is 11.3 Å². The molecule has 2 unspecified atom stereocenters. The van der Waals surface area contributed by atoms with Gasteiger partial charge in [0, 0.05) is 63.2 Å². The zero-order chi connectivity index (χ0) is 59.8. The molecule has 1 saturated carbocycles. The van der Waals surface area contributed by atoms with Crippen LogP contribution in [0.25, 0.3) is 10.5 Å². The topological polar surface area (TPSA) is 208 Å². The van der Waals surface area contributed by atoms with E-state index in [2.05, 4.69) is 99.3 Å². The number of carbonyl (C=O) groups is 4. The minimum absolute atomic E-state index is 0.00930. The fourth-order valence-electron chi connectivity index (χ4n) is 8.69. The first-order valence-electron chi connectivity index (χ1n) is 28.0. The van der Waals surface area contributed by atoms with Gasteiger partial charge in [-0.15, -0.1) is 0 Å². The molecule has 0 bridgehead atoms. The Labute approximate surface area is 480 Å². The third kappa shape index (κ3) is 34.1. The smallest absolute Gasteiger partial charge is 0.339 e. The number of hydrogen-bond donors (Lipinski definition) is 5. The first-order valence-corrected chi connectivity index (χ1v) is 28.9. The third-order valence-electron chi connectivity index (χ3n) is 12.8. The number of nitrogens with one attached hydrogen (secondary N) is 1. The Bertz CT molecular complexity index is 2030. The van der Waals surface area contributed by atoms with Crippen LogP contribution >= 0.6 is 11.8 Å². The summed E-state index contributed by atoms with van der Waals surface area (Å²) in [5, 5.41) is 41.0. The monoisotopic (exact) mass is 1130 g/mol. The number of allylic oxidation sites excluding steroid dienone is 2. The van der Waals surface area contributed by atoms with E-state index in [9.17, 15) is 29.4 Å². The minimum Gasteiger partial charge on any atom is -0.511 e. The van der Waals surface area contributed by atoms with Crippen LogP contribution in [0.3, 0.4) is 0 Å². The van der Waals surface area contributed by atoms with E-state index in [0.29, 0.717) is 56.7 Å². The number of rotatable bonds is 26. The van der Waals surface area contributed by atoms with Crippen molar-refractivity contribution in [2.45, 2.75) is 126 Å². The average Bonchev–Trinajstić information content (AvgIpc) is 3.85. The van der Waals surface area contributed by atoms with Crippen molar-refractivity contribution < 1.29 is 58.6 Å².